The number of benzene rings is 1. The van der Waals surface area contributed by atoms with Crippen LogP contribution in [0.25, 0.3) is 0 Å². The SMILES string of the molecule is COc1ccc(C)cc1NC(=O)C(=O)NCCN1CCNCC1. The summed E-state index contributed by atoms with van der Waals surface area (Å²) in [6.45, 7) is 6.95. The number of ether oxygens (including phenoxy) is 1. The van der Waals surface area contributed by atoms with Crippen LogP contribution in [-0.2, 0) is 9.59 Å². The van der Waals surface area contributed by atoms with E-state index in [2.05, 4.69) is 20.9 Å². The molecule has 3 N–H and O–H groups in total. The summed E-state index contributed by atoms with van der Waals surface area (Å²) < 4.78 is 5.18. The number of hydrogen-bond acceptors (Lipinski definition) is 5. The van der Waals surface area contributed by atoms with Gasteiger partial charge in [0.15, 0.2) is 0 Å². The maximum Gasteiger partial charge on any atom is 0.313 e. The number of carbonyl (C=O) groups is 2. The van der Waals surface area contributed by atoms with E-state index in [9.17, 15) is 9.59 Å². The molecular weight excluding hydrogens is 296 g/mol. The molecule has 0 saturated carbocycles. The molecule has 126 valence electrons. The summed E-state index contributed by atoms with van der Waals surface area (Å²) in [5.74, 6) is -0.796. The number of piperazine rings is 1. The molecular formula is C16H24N4O3. The van der Waals surface area contributed by atoms with Crippen molar-refractivity contribution >= 4 is 17.5 Å². The van der Waals surface area contributed by atoms with Gasteiger partial charge in [0, 0.05) is 39.3 Å². The summed E-state index contributed by atoms with van der Waals surface area (Å²) in [4.78, 5) is 26.1. The Balaban J connectivity index is 1.80. The Morgan fingerprint density at radius 3 is 2.70 bits per heavy atom. The molecule has 7 heteroatoms. The minimum Gasteiger partial charge on any atom is -0.495 e. The lowest BCUT2D eigenvalue weighted by Crippen LogP contribution is -2.47. The van der Waals surface area contributed by atoms with Crippen molar-refractivity contribution in [1.29, 1.82) is 0 Å². The molecule has 2 rings (SSSR count). The minimum atomic E-state index is -0.686. The predicted octanol–water partition coefficient (Wildman–Crippen LogP) is -0.0365. The molecule has 1 heterocycles. The second-order valence-electron chi connectivity index (χ2n) is 5.51. The number of amides is 2. The lowest BCUT2D eigenvalue weighted by Gasteiger charge is -2.26. The maximum absolute atomic E-state index is 12.0. The van der Waals surface area contributed by atoms with Crippen molar-refractivity contribution in [2.24, 2.45) is 0 Å². The summed E-state index contributed by atoms with van der Waals surface area (Å²) in [5.41, 5.74) is 1.47. The van der Waals surface area contributed by atoms with Gasteiger partial charge in [-0.25, -0.2) is 0 Å². The predicted molar refractivity (Wildman–Crippen MR) is 88.7 cm³/mol. The van der Waals surface area contributed by atoms with Gasteiger partial charge in [0.25, 0.3) is 0 Å². The molecule has 0 bridgehead atoms. The highest BCUT2D eigenvalue weighted by atomic mass is 16.5. The van der Waals surface area contributed by atoms with Gasteiger partial charge in [-0.2, -0.15) is 0 Å². The molecule has 0 aromatic heterocycles. The summed E-state index contributed by atoms with van der Waals surface area (Å²) >= 11 is 0. The monoisotopic (exact) mass is 320 g/mol. The number of hydrogen-bond donors (Lipinski definition) is 3. The standard InChI is InChI=1S/C16H24N4O3/c1-12-3-4-14(23-2)13(11-12)19-16(22)15(21)18-7-10-20-8-5-17-6-9-20/h3-4,11,17H,5-10H2,1-2H3,(H,18,21)(H,19,22). The van der Waals surface area contributed by atoms with Gasteiger partial charge in [0.05, 0.1) is 12.8 Å². The zero-order valence-electron chi connectivity index (χ0n) is 13.6. The highest BCUT2D eigenvalue weighted by Gasteiger charge is 2.16. The van der Waals surface area contributed by atoms with Gasteiger partial charge in [0.2, 0.25) is 0 Å². The first-order valence-electron chi connectivity index (χ1n) is 7.77. The van der Waals surface area contributed by atoms with Crippen molar-refractivity contribution in [1.82, 2.24) is 15.5 Å². The Hall–Kier alpha value is -2.12. The molecule has 0 aliphatic carbocycles. The van der Waals surface area contributed by atoms with E-state index in [4.69, 9.17) is 4.74 Å². The Morgan fingerprint density at radius 1 is 1.26 bits per heavy atom. The Labute approximate surface area is 136 Å². The largest absolute Gasteiger partial charge is 0.495 e. The number of rotatable bonds is 5. The Bertz CT molecular complexity index is 556. The van der Waals surface area contributed by atoms with E-state index in [1.54, 1.807) is 12.1 Å². The molecule has 1 aromatic carbocycles. The quantitative estimate of drug-likeness (QED) is 0.664. The van der Waals surface area contributed by atoms with Gasteiger partial charge < -0.3 is 20.7 Å². The average molecular weight is 320 g/mol. The van der Waals surface area contributed by atoms with Crippen molar-refractivity contribution in [3.8, 4) is 5.75 Å². The third kappa shape index (κ3) is 5.22. The van der Waals surface area contributed by atoms with E-state index in [0.717, 1.165) is 38.3 Å². The third-order valence-electron chi connectivity index (χ3n) is 3.73. The first-order chi connectivity index (χ1) is 11.1. The van der Waals surface area contributed by atoms with Crippen LogP contribution >= 0.6 is 0 Å². The molecule has 1 saturated heterocycles. The molecule has 7 nitrogen and oxygen atoms in total. The number of anilines is 1. The van der Waals surface area contributed by atoms with E-state index < -0.39 is 11.8 Å². The van der Waals surface area contributed by atoms with E-state index in [0.29, 0.717) is 18.0 Å². The molecule has 0 atom stereocenters. The van der Waals surface area contributed by atoms with Crippen molar-refractivity contribution in [2.75, 3.05) is 51.7 Å². The lowest BCUT2D eigenvalue weighted by molar-refractivity contribution is -0.136. The zero-order valence-corrected chi connectivity index (χ0v) is 13.6. The number of carbonyl (C=O) groups excluding carboxylic acids is 2. The fourth-order valence-corrected chi connectivity index (χ4v) is 2.44. The van der Waals surface area contributed by atoms with Crippen LogP contribution in [0.4, 0.5) is 5.69 Å². The molecule has 1 fully saturated rings. The second-order valence-corrected chi connectivity index (χ2v) is 5.51. The molecule has 0 spiro atoms. The van der Waals surface area contributed by atoms with Crippen LogP contribution < -0.4 is 20.7 Å². The van der Waals surface area contributed by atoms with Gasteiger partial charge in [-0.3, -0.25) is 14.5 Å². The number of methoxy groups -OCH3 is 1. The normalized spacial score (nSPS) is 15.0. The highest BCUT2D eigenvalue weighted by Crippen LogP contribution is 2.24. The van der Waals surface area contributed by atoms with Crippen LogP contribution in [0, 0.1) is 6.92 Å². The van der Waals surface area contributed by atoms with E-state index >= 15 is 0 Å². The van der Waals surface area contributed by atoms with Crippen molar-refractivity contribution in [3.05, 3.63) is 23.8 Å². The second kappa shape index (κ2) is 8.50. The molecule has 2 amide bonds. The van der Waals surface area contributed by atoms with E-state index in [-0.39, 0.29) is 0 Å². The first kappa shape index (κ1) is 17.2. The molecule has 1 aliphatic heterocycles. The molecule has 1 aliphatic rings. The number of nitrogens with one attached hydrogen (secondary N) is 3. The lowest BCUT2D eigenvalue weighted by atomic mass is 10.2. The molecule has 0 radical (unpaired) electrons. The smallest absolute Gasteiger partial charge is 0.313 e. The van der Waals surface area contributed by atoms with Crippen molar-refractivity contribution in [2.45, 2.75) is 6.92 Å². The van der Waals surface area contributed by atoms with Crippen molar-refractivity contribution in [3.63, 3.8) is 0 Å². The third-order valence-corrected chi connectivity index (χ3v) is 3.73. The van der Waals surface area contributed by atoms with Gasteiger partial charge in [-0.15, -0.1) is 0 Å². The van der Waals surface area contributed by atoms with Crippen LogP contribution in [0.15, 0.2) is 18.2 Å². The topological polar surface area (TPSA) is 82.7 Å². The molecule has 0 unspecified atom stereocenters. The highest BCUT2D eigenvalue weighted by molar-refractivity contribution is 6.39. The summed E-state index contributed by atoms with van der Waals surface area (Å²) in [6, 6.07) is 5.40. The van der Waals surface area contributed by atoms with Crippen LogP contribution in [0.1, 0.15) is 5.56 Å². The van der Waals surface area contributed by atoms with E-state index in [1.807, 2.05) is 13.0 Å². The Kier molecular flexibility index (Phi) is 6.37. The summed E-state index contributed by atoms with van der Waals surface area (Å²) in [6.07, 6.45) is 0. The molecule has 1 aromatic rings. The van der Waals surface area contributed by atoms with Crippen LogP contribution in [0.2, 0.25) is 0 Å². The Morgan fingerprint density at radius 2 is 2.00 bits per heavy atom. The minimum absolute atomic E-state index is 0.456. The summed E-state index contributed by atoms with van der Waals surface area (Å²) in [7, 11) is 1.52. The maximum atomic E-state index is 12.0. The molecule has 23 heavy (non-hydrogen) atoms. The van der Waals surface area contributed by atoms with Gasteiger partial charge in [-0.05, 0) is 24.6 Å². The van der Waals surface area contributed by atoms with Gasteiger partial charge in [0.1, 0.15) is 5.75 Å². The van der Waals surface area contributed by atoms with Crippen LogP contribution in [0.3, 0.4) is 0 Å². The number of nitrogens with zero attached hydrogens (tertiary/aromatic N) is 1. The number of aryl methyl sites for hydroxylation is 1. The van der Waals surface area contributed by atoms with Gasteiger partial charge >= 0.3 is 11.8 Å². The zero-order chi connectivity index (χ0) is 16.7. The van der Waals surface area contributed by atoms with Crippen LogP contribution in [-0.4, -0.2) is 63.1 Å². The van der Waals surface area contributed by atoms with Crippen LogP contribution in [0.5, 0.6) is 5.75 Å². The first-order valence-corrected chi connectivity index (χ1v) is 7.77. The fraction of sp³-hybridized carbons (Fsp3) is 0.500. The fourth-order valence-electron chi connectivity index (χ4n) is 2.44. The summed E-state index contributed by atoms with van der Waals surface area (Å²) in [5, 5.41) is 8.51. The van der Waals surface area contributed by atoms with Crippen molar-refractivity contribution < 1.29 is 14.3 Å². The van der Waals surface area contributed by atoms with Gasteiger partial charge in [-0.1, -0.05) is 6.07 Å². The average Bonchev–Trinajstić information content (AvgIpc) is 2.56. The van der Waals surface area contributed by atoms with E-state index in [1.165, 1.54) is 7.11 Å².